The van der Waals surface area contributed by atoms with Gasteiger partial charge in [0, 0.05) is 0 Å². The van der Waals surface area contributed by atoms with E-state index in [1.165, 1.54) is 11.3 Å². The third-order valence-corrected chi connectivity index (χ3v) is 3.80. The highest BCUT2D eigenvalue weighted by atomic mass is 32.1. The maximum absolute atomic E-state index is 12.0. The molecule has 7 heteroatoms. The van der Waals surface area contributed by atoms with Crippen molar-refractivity contribution in [2.75, 3.05) is 11.9 Å². The number of hydrogen-bond acceptors (Lipinski definition) is 6. The van der Waals surface area contributed by atoms with E-state index in [4.69, 9.17) is 9.47 Å². The first-order valence-corrected chi connectivity index (χ1v) is 8.16. The summed E-state index contributed by atoms with van der Waals surface area (Å²) in [6.07, 6.45) is 0.948. The number of aromatic nitrogens is 1. The zero-order chi connectivity index (χ0) is 16.7. The summed E-state index contributed by atoms with van der Waals surface area (Å²) >= 11 is 1.25. The third kappa shape index (κ3) is 4.79. The minimum atomic E-state index is -0.673. The predicted molar refractivity (Wildman–Crippen MR) is 88.2 cm³/mol. The van der Waals surface area contributed by atoms with E-state index in [-0.39, 0.29) is 12.3 Å². The molecule has 23 heavy (non-hydrogen) atoms. The van der Waals surface area contributed by atoms with Gasteiger partial charge in [-0.2, -0.15) is 0 Å². The topological polar surface area (TPSA) is 77.5 Å². The number of para-hydroxylation sites is 1. The van der Waals surface area contributed by atoms with Crippen LogP contribution in [0.4, 0.5) is 9.80 Å². The fraction of sp³-hybridized carbons (Fsp3) is 0.312. The molecule has 1 aromatic heterocycles. The number of nitrogens with one attached hydrogen (secondary N) is 1. The van der Waals surface area contributed by atoms with Crippen LogP contribution >= 0.6 is 11.3 Å². The summed E-state index contributed by atoms with van der Waals surface area (Å²) in [7, 11) is 0. The smallest absolute Gasteiger partial charge is 0.417 e. The maximum atomic E-state index is 12.0. The average Bonchev–Trinajstić information content (AvgIpc) is 2.91. The fourth-order valence-electron chi connectivity index (χ4n) is 1.82. The van der Waals surface area contributed by atoms with Gasteiger partial charge >= 0.3 is 12.1 Å². The van der Waals surface area contributed by atoms with Gasteiger partial charge in [0.25, 0.3) is 0 Å². The van der Waals surface area contributed by atoms with Crippen molar-refractivity contribution in [1.82, 2.24) is 4.98 Å². The van der Waals surface area contributed by atoms with Gasteiger partial charge in [-0.05, 0) is 31.9 Å². The van der Waals surface area contributed by atoms with Gasteiger partial charge in [-0.15, -0.1) is 11.3 Å². The Morgan fingerprint density at radius 2 is 1.96 bits per heavy atom. The van der Waals surface area contributed by atoms with Gasteiger partial charge in [-0.3, -0.25) is 5.32 Å². The largest absolute Gasteiger partial charge is 0.461 e. The van der Waals surface area contributed by atoms with Crippen molar-refractivity contribution in [3.8, 4) is 5.75 Å². The predicted octanol–water partition coefficient (Wildman–Crippen LogP) is 3.88. The van der Waals surface area contributed by atoms with Crippen molar-refractivity contribution in [1.29, 1.82) is 0 Å². The Labute approximate surface area is 138 Å². The molecule has 0 saturated heterocycles. The summed E-state index contributed by atoms with van der Waals surface area (Å²) in [5, 5.41) is 3.68. The van der Waals surface area contributed by atoms with Crippen LogP contribution in [0.25, 0.3) is 0 Å². The van der Waals surface area contributed by atoms with Gasteiger partial charge in [-0.1, -0.05) is 25.1 Å². The number of amides is 1. The monoisotopic (exact) mass is 334 g/mol. The molecule has 1 heterocycles. The number of benzene rings is 1. The van der Waals surface area contributed by atoms with Crippen molar-refractivity contribution >= 4 is 28.4 Å². The highest BCUT2D eigenvalue weighted by Gasteiger charge is 2.21. The molecular weight excluding hydrogens is 316 g/mol. The van der Waals surface area contributed by atoms with Gasteiger partial charge in [0.2, 0.25) is 0 Å². The van der Waals surface area contributed by atoms with Gasteiger partial charge in [0.15, 0.2) is 5.69 Å². The first-order chi connectivity index (χ1) is 11.1. The summed E-state index contributed by atoms with van der Waals surface area (Å²) < 4.78 is 10.1. The van der Waals surface area contributed by atoms with Crippen LogP contribution < -0.4 is 10.1 Å². The second-order valence-electron chi connectivity index (χ2n) is 4.58. The number of rotatable bonds is 6. The second kappa shape index (κ2) is 8.28. The zero-order valence-corrected chi connectivity index (χ0v) is 13.8. The molecule has 1 N–H and O–H groups in total. The van der Waals surface area contributed by atoms with Crippen LogP contribution in [0.15, 0.2) is 30.3 Å². The molecule has 122 valence electrons. The number of carbonyl (C=O) groups is 2. The van der Waals surface area contributed by atoms with Gasteiger partial charge < -0.3 is 9.47 Å². The lowest BCUT2D eigenvalue weighted by Gasteiger charge is -2.06. The van der Waals surface area contributed by atoms with Crippen LogP contribution in [0.3, 0.4) is 0 Å². The van der Waals surface area contributed by atoms with Gasteiger partial charge in [-0.25, -0.2) is 14.6 Å². The molecule has 0 spiro atoms. The van der Waals surface area contributed by atoms with Gasteiger partial charge in [0.05, 0.1) is 11.6 Å². The fourth-order valence-corrected chi connectivity index (χ4v) is 2.86. The highest BCUT2D eigenvalue weighted by Crippen LogP contribution is 2.27. The number of esters is 1. The summed E-state index contributed by atoms with van der Waals surface area (Å²) in [6.45, 7) is 3.98. The molecule has 0 radical (unpaired) electrons. The Kier molecular flexibility index (Phi) is 6.10. The second-order valence-corrected chi connectivity index (χ2v) is 5.67. The Balaban J connectivity index is 2.13. The van der Waals surface area contributed by atoms with E-state index in [0.29, 0.717) is 10.8 Å². The molecule has 0 atom stereocenters. The number of ether oxygens (including phenoxy) is 2. The number of anilines is 1. The first kappa shape index (κ1) is 17.0. The lowest BCUT2D eigenvalue weighted by atomic mass is 10.3. The Hall–Kier alpha value is -2.41. The van der Waals surface area contributed by atoms with Gasteiger partial charge in [0.1, 0.15) is 10.8 Å². The van der Waals surface area contributed by atoms with Crippen molar-refractivity contribution in [3.05, 3.63) is 41.0 Å². The highest BCUT2D eigenvalue weighted by molar-refractivity contribution is 7.16. The molecule has 6 nitrogen and oxygen atoms in total. The number of aryl methyl sites for hydroxylation is 1. The number of nitrogens with zero attached hydrogens (tertiary/aromatic N) is 1. The molecule has 1 amide bonds. The standard InChI is InChI=1S/C16H18N2O4S/c1-3-8-12-17-13(15(19)21-4-2)14(23-12)18-16(20)22-11-9-6-5-7-10-11/h5-7,9-10H,3-4,8H2,1-2H3,(H,18,20). The van der Waals surface area contributed by atoms with E-state index in [1.807, 2.05) is 13.0 Å². The first-order valence-electron chi connectivity index (χ1n) is 7.34. The molecule has 1 aromatic carbocycles. The number of thiazole rings is 1. The maximum Gasteiger partial charge on any atom is 0.417 e. The molecule has 2 rings (SSSR count). The summed E-state index contributed by atoms with van der Waals surface area (Å²) in [5.41, 5.74) is 0.116. The summed E-state index contributed by atoms with van der Waals surface area (Å²) in [5.74, 6) is -0.137. The van der Waals surface area contributed by atoms with E-state index >= 15 is 0 Å². The molecule has 0 unspecified atom stereocenters. The Morgan fingerprint density at radius 1 is 1.22 bits per heavy atom. The lowest BCUT2D eigenvalue weighted by molar-refractivity contribution is 0.0521. The van der Waals surface area contributed by atoms with Crippen molar-refractivity contribution in [2.24, 2.45) is 0 Å². The van der Waals surface area contributed by atoms with E-state index in [0.717, 1.165) is 17.8 Å². The molecule has 2 aromatic rings. The van der Waals surface area contributed by atoms with Crippen LogP contribution in [-0.2, 0) is 11.2 Å². The average molecular weight is 334 g/mol. The van der Waals surface area contributed by atoms with Crippen LogP contribution in [0.1, 0.15) is 35.8 Å². The SMILES string of the molecule is CCCc1nc(C(=O)OCC)c(NC(=O)Oc2ccccc2)s1. The van der Waals surface area contributed by atoms with E-state index in [2.05, 4.69) is 10.3 Å². The summed E-state index contributed by atoms with van der Waals surface area (Å²) in [6, 6.07) is 8.68. The number of hydrogen-bond donors (Lipinski definition) is 1. The van der Waals surface area contributed by atoms with Crippen molar-refractivity contribution in [3.63, 3.8) is 0 Å². The van der Waals surface area contributed by atoms with Crippen LogP contribution in [0.2, 0.25) is 0 Å². The summed E-state index contributed by atoms with van der Waals surface area (Å²) in [4.78, 5) is 28.2. The van der Waals surface area contributed by atoms with E-state index < -0.39 is 12.1 Å². The molecule has 0 aliphatic carbocycles. The minimum absolute atomic E-state index is 0.116. The van der Waals surface area contributed by atoms with Crippen molar-refractivity contribution < 1.29 is 19.1 Å². The Bertz CT molecular complexity index is 670. The van der Waals surface area contributed by atoms with Crippen LogP contribution in [0.5, 0.6) is 5.75 Å². The molecule has 0 bridgehead atoms. The molecule has 0 fully saturated rings. The molecule has 0 saturated carbocycles. The zero-order valence-electron chi connectivity index (χ0n) is 13.0. The molecule has 0 aliphatic rings. The lowest BCUT2D eigenvalue weighted by Crippen LogP contribution is -2.18. The minimum Gasteiger partial charge on any atom is -0.461 e. The quantitative estimate of drug-likeness (QED) is 0.811. The normalized spacial score (nSPS) is 10.2. The van der Waals surface area contributed by atoms with Crippen molar-refractivity contribution in [2.45, 2.75) is 26.7 Å². The Morgan fingerprint density at radius 3 is 2.61 bits per heavy atom. The van der Waals surface area contributed by atoms with E-state index in [1.54, 1.807) is 31.2 Å². The molecular formula is C16H18N2O4S. The van der Waals surface area contributed by atoms with Crippen LogP contribution in [-0.4, -0.2) is 23.7 Å². The number of carbonyl (C=O) groups excluding carboxylic acids is 2. The third-order valence-electron chi connectivity index (χ3n) is 2.77. The van der Waals surface area contributed by atoms with E-state index in [9.17, 15) is 9.59 Å². The molecule has 0 aliphatic heterocycles. The van der Waals surface area contributed by atoms with Crippen LogP contribution in [0, 0.1) is 0 Å².